The second-order valence-corrected chi connectivity index (χ2v) is 7.44. The third kappa shape index (κ3) is 2.78. The van der Waals surface area contributed by atoms with Crippen LogP contribution in [0.5, 0.6) is 5.75 Å². The maximum absolute atomic E-state index is 11.4. The summed E-state index contributed by atoms with van der Waals surface area (Å²) in [5.41, 5.74) is 7.10. The summed E-state index contributed by atoms with van der Waals surface area (Å²) >= 11 is 0. The summed E-state index contributed by atoms with van der Waals surface area (Å²) in [5, 5.41) is 24.6. The molecule has 2 aliphatic heterocycles. The van der Waals surface area contributed by atoms with Gasteiger partial charge in [0.15, 0.2) is 0 Å². The molecule has 0 aromatic heterocycles. The molecule has 0 bridgehead atoms. The van der Waals surface area contributed by atoms with Crippen LogP contribution in [0.25, 0.3) is 6.08 Å². The SMILES string of the molecule is C[C@@]12Nc3cc(O)ccc3[C@]1(O)CCN2Cc1ccc(/C=C/C(N)=O)cc1. The number of carbonyl (C=O) groups is 1. The molecule has 0 aliphatic carbocycles. The summed E-state index contributed by atoms with van der Waals surface area (Å²) < 4.78 is 0. The number of nitrogens with one attached hydrogen (secondary N) is 1. The van der Waals surface area contributed by atoms with Crippen molar-refractivity contribution >= 4 is 17.7 Å². The van der Waals surface area contributed by atoms with E-state index in [1.54, 1.807) is 24.3 Å². The summed E-state index contributed by atoms with van der Waals surface area (Å²) in [5.74, 6) is -0.291. The van der Waals surface area contributed by atoms with Crippen LogP contribution in [0.4, 0.5) is 5.69 Å². The highest BCUT2D eigenvalue weighted by molar-refractivity contribution is 5.90. The lowest BCUT2D eigenvalue weighted by atomic mass is 9.86. The Bertz CT molecular complexity index is 925. The van der Waals surface area contributed by atoms with Crippen LogP contribution in [0, 0.1) is 0 Å². The molecule has 1 fully saturated rings. The number of anilines is 1. The molecular weight excluding hydrogens is 342 g/mol. The van der Waals surface area contributed by atoms with Gasteiger partial charge < -0.3 is 21.3 Å². The van der Waals surface area contributed by atoms with Gasteiger partial charge in [-0.1, -0.05) is 30.3 Å². The maximum atomic E-state index is 11.4. The molecule has 0 saturated carbocycles. The van der Waals surface area contributed by atoms with Crippen LogP contribution in [0.3, 0.4) is 0 Å². The van der Waals surface area contributed by atoms with Gasteiger partial charge in [-0.2, -0.15) is 0 Å². The first-order chi connectivity index (χ1) is 12.8. The molecule has 6 heteroatoms. The Morgan fingerprint density at radius 2 is 2.04 bits per heavy atom. The van der Waals surface area contributed by atoms with Gasteiger partial charge >= 0.3 is 0 Å². The van der Waals surface area contributed by atoms with E-state index in [0.717, 1.165) is 28.9 Å². The van der Waals surface area contributed by atoms with Crippen LogP contribution < -0.4 is 11.1 Å². The van der Waals surface area contributed by atoms with Crippen molar-refractivity contribution in [3.63, 3.8) is 0 Å². The van der Waals surface area contributed by atoms with Gasteiger partial charge in [-0.05, 0) is 36.6 Å². The molecule has 0 spiro atoms. The minimum absolute atomic E-state index is 0.180. The van der Waals surface area contributed by atoms with Gasteiger partial charge in [0, 0.05) is 36.5 Å². The number of amides is 1. The summed E-state index contributed by atoms with van der Waals surface area (Å²) in [4.78, 5) is 13.1. The number of phenolic OH excluding ortho intramolecular Hbond substituents is 1. The number of hydrogen-bond acceptors (Lipinski definition) is 5. The van der Waals surface area contributed by atoms with Gasteiger partial charge in [0.1, 0.15) is 17.0 Å². The highest BCUT2D eigenvalue weighted by Gasteiger charge is 2.61. The molecule has 2 aromatic carbocycles. The first-order valence-electron chi connectivity index (χ1n) is 8.97. The number of hydrogen-bond donors (Lipinski definition) is 4. The zero-order valence-corrected chi connectivity index (χ0v) is 15.1. The van der Waals surface area contributed by atoms with E-state index >= 15 is 0 Å². The van der Waals surface area contributed by atoms with Gasteiger partial charge in [-0.3, -0.25) is 9.69 Å². The van der Waals surface area contributed by atoms with Crippen molar-refractivity contribution in [1.29, 1.82) is 0 Å². The third-order valence-corrected chi connectivity index (χ3v) is 5.80. The summed E-state index contributed by atoms with van der Waals surface area (Å²) in [6.45, 7) is 3.43. The summed E-state index contributed by atoms with van der Waals surface area (Å²) in [6, 6.07) is 13.0. The van der Waals surface area contributed by atoms with Crippen LogP contribution in [0.15, 0.2) is 48.5 Å². The van der Waals surface area contributed by atoms with E-state index in [0.29, 0.717) is 13.0 Å². The molecule has 27 heavy (non-hydrogen) atoms. The lowest BCUT2D eigenvalue weighted by molar-refractivity contribution is -0.113. The first kappa shape index (κ1) is 17.6. The Morgan fingerprint density at radius 3 is 2.74 bits per heavy atom. The number of primary amides is 1. The van der Waals surface area contributed by atoms with E-state index in [-0.39, 0.29) is 5.75 Å². The fourth-order valence-corrected chi connectivity index (χ4v) is 4.23. The number of fused-ring (bicyclic) bond motifs is 3. The number of phenols is 1. The maximum Gasteiger partial charge on any atom is 0.241 e. The van der Waals surface area contributed by atoms with E-state index in [9.17, 15) is 15.0 Å². The number of aliphatic hydroxyl groups is 1. The molecule has 0 radical (unpaired) electrons. The average Bonchev–Trinajstić information content (AvgIpc) is 2.99. The van der Waals surface area contributed by atoms with Crippen molar-refractivity contribution in [3.8, 4) is 5.75 Å². The van der Waals surface area contributed by atoms with Gasteiger partial charge in [-0.25, -0.2) is 0 Å². The minimum atomic E-state index is -1.000. The number of nitrogens with two attached hydrogens (primary N) is 1. The van der Waals surface area contributed by atoms with Gasteiger partial charge in [-0.15, -0.1) is 0 Å². The Kier molecular flexibility index (Phi) is 3.98. The van der Waals surface area contributed by atoms with Crippen LogP contribution >= 0.6 is 0 Å². The predicted molar refractivity (Wildman–Crippen MR) is 104 cm³/mol. The average molecular weight is 365 g/mol. The lowest BCUT2D eigenvalue weighted by Gasteiger charge is -2.40. The molecule has 2 atom stereocenters. The van der Waals surface area contributed by atoms with Crippen molar-refractivity contribution in [2.75, 3.05) is 11.9 Å². The van der Waals surface area contributed by atoms with Crippen molar-refractivity contribution < 1.29 is 15.0 Å². The normalized spacial score (nSPS) is 26.7. The molecule has 4 rings (SSSR count). The van der Waals surface area contributed by atoms with Gasteiger partial charge in [0.05, 0.1) is 0 Å². The topological polar surface area (TPSA) is 98.8 Å². The predicted octanol–water partition coefficient (Wildman–Crippen LogP) is 2.13. The van der Waals surface area contributed by atoms with Crippen LogP contribution in [0.2, 0.25) is 0 Å². The van der Waals surface area contributed by atoms with E-state index in [1.165, 1.54) is 6.08 Å². The Morgan fingerprint density at radius 1 is 1.30 bits per heavy atom. The zero-order valence-electron chi connectivity index (χ0n) is 15.1. The first-order valence-corrected chi connectivity index (χ1v) is 8.97. The van der Waals surface area contributed by atoms with Crippen molar-refractivity contribution in [3.05, 3.63) is 65.2 Å². The molecule has 2 aromatic rings. The van der Waals surface area contributed by atoms with Crippen LogP contribution in [-0.4, -0.2) is 33.2 Å². The fourth-order valence-electron chi connectivity index (χ4n) is 4.23. The largest absolute Gasteiger partial charge is 0.508 e. The minimum Gasteiger partial charge on any atom is -0.508 e. The number of nitrogens with zero attached hydrogens (tertiary/aromatic N) is 1. The molecule has 2 heterocycles. The molecular formula is C21H23N3O3. The Labute approximate surface area is 157 Å². The zero-order chi connectivity index (χ0) is 19.2. The molecule has 140 valence electrons. The van der Waals surface area contributed by atoms with Crippen molar-refractivity contribution in [2.24, 2.45) is 5.73 Å². The highest BCUT2D eigenvalue weighted by Crippen LogP contribution is 2.54. The summed E-state index contributed by atoms with van der Waals surface area (Å²) in [7, 11) is 0. The third-order valence-electron chi connectivity index (χ3n) is 5.80. The Hall–Kier alpha value is -2.83. The molecule has 1 amide bonds. The molecule has 0 unspecified atom stereocenters. The second-order valence-electron chi connectivity index (χ2n) is 7.44. The van der Waals surface area contributed by atoms with E-state index in [2.05, 4.69) is 10.2 Å². The summed E-state index contributed by atoms with van der Waals surface area (Å²) in [6.07, 6.45) is 3.64. The number of aromatic hydroxyl groups is 1. The van der Waals surface area contributed by atoms with Crippen molar-refractivity contribution in [1.82, 2.24) is 4.90 Å². The molecule has 2 aliphatic rings. The lowest BCUT2D eigenvalue weighted by Crippen LogP contribution is -2.55. The monoisotopic (exact) mass is 365 g/mol. The smallest absolute Gasteiger partial charge is 0.241 e. The quantitative estimate of drug-likeness (QED) is 0.622. The molecule has 1 saturated heterocycles. The van der Waals surface area contributed by atoms with Gasteiger partial charge in [0.2, 0.25) is 5.91 Å². The van der Waals surface area contributed by atoms with E-state index < -0.39 is 17.2 Å². The molecule has 6 nitrogen and oxygen atoms in total. The standard InChI is InChI=1S/C21H23N3O3/c1-20-21(27,17-8-7-16(25)12-18(17)23-20)10-11-24(20)13-15-4-2-14(3-5-15)6-9-19(22)26/h2-9,12,23,25,27H,10-11,13H2,1H3,(H2,22,26)/b9-6+/t20-,21+/m0/s1. The number of likely N-dealkylation sites (tertiary alicyclic amines) is 1. The molecule has 5 N–H and O–H groups in total. The second kappa shape index (κ2) is 6.11. The van der Waals surface area contributed by atoms with E-state index in [1.807, 2.05) is 31.2 Å². The number of benzene rings is 2. The van der Waals surface area contributed by atoms with E-state index in [4.69, 9.17) is 5.73 Å². The van der Waals surface area contributed by atoms with Crippen LogP contribution in [0.1, 0.15) is 30.0 Å². The van der Waals surface area contributed by atoms with Crippen molar-refractivity contribution in [2.45, 2.75) is 31.2 Å². The number of rotatable bonds is 4. The fraction of sp³-hybridized carbons (Fsp3) is 0.286. The number of carbonyl (C=O) groups excluding carboxylic acids is 1. The Balaban J connectivity index is 1.56. The van der Waals surface area contributed by atoms with Crippen LogP contribution in [-0.2, 0) is 16.9 Å². The highest BCUT2D eigenvalue weighted by atomic mass is 16.3. The van der Waals surface area contributed by atoms with Gasteiger partial charge in [0.25, 0.3) is 0 Å².